The van der Waals surface area contributed by atoms with Gasteiger partial charge in [-0.05, 0) is 19.8 Å². The van der Waals surface area contributed by atoms with Gasteiger partial charge in [-0.25, -0.2) is 4.79 Å². The van der Waals surface area contributed by atoms with Gasteiger partial charge in [0.05, 0.1) is 0 Å². The first kappa shape index (κ1) is 8.35. The first-order valence-electron chi connectivity index (χ1n) is 4.60. The van der Waals surface area contributed by atoms with Gasteiger partial charge >= 0.3 is 5.69 Å². The summed E-state index contributed by atoms with van der Waals surface area (Å²) >= 11 is 0. The Kier molecular flexibility index (Phi) is 1.87. The summed E-state index contributed by atoms with van der Waals surface area (Å²) < 4.78 is 3.53. The second kappa shape index (κ2) is 2.91. The molecule has 3 nitrogen and oxygen atoms in total. The summed E-state index contributed by atoms with van der Waals surface area (Å²) in [6.45, 7) is 6.36. The Morgan fingerprint density at radius 1 is 1.62 bits per heavy atom. The molecule has 1 aliphatic rings. The van der Waals surface area contributed by atoms with Crippen molar-refractivity contribution in [1.82, 2.24) is 9.13 Å². The zero-order chi connectivity index (χ0) is 9.42. The van der Waals surface area contributed by atoms with Crippen LogP contribution in [-0.4, -0.2) is 9.13 Å². The lowest BCUT2D eigenvalue weighted by Crippen LogP contribution is -2.23. The van der Waals surface area contributed by atoms with Crippen LogP contribution in [0.5, 0.6) is 0 Å². The number of hydrogen-bond donors (Lipinski definition) is 0. The highest BCUT2D eigenvalue weighted by atomic mass is 16.1. The van der Waals surface area contributed by atoms with Crippen LogP contribution in [0.1, 0.15) is 25.8 Å². The molecule has 0 radical (unpaired) electrons. The third kappa shape index (κ3) is 1.59. The summed E-state index contributed by atoms with van der Waals surface area (Å²) in [5, 5.41) is 0. The predicted octanol–water partition coefficient (Wildman–Crippen LogP) is 1.56. The maximum Gasteiger partial charge on any atom is 0.328 e. The number of hydrogen-bond acceptors (Lipinski definition) is 1. The smallest absolute Gasteiger partial charge is 0.296 e. The third-order valence-corrected chi connectivity index (χ3v) is 2.25. The summed E-state index contributed by atoms with van der Waals surface area (Å²) in [4.78, 5) is 11.7. The fourth-order valence-corrected chi connectivity index (χ4v) is 1.47. The van der Waals surface area contributed by atoms with Crippen molar-refractivity contribution in [2.45, 2.75) is 32.4 Å². The molecule has 0 saturated heterocycles. The lowest BCUT2D eigenvalue weighted by molar-refractivity contribution is 0.653. The Morgan fingerprint density at radius 3 is 2.85 bits per heavy atom. The lowest BCUT2D eigenvalue weighted by Gasteiger charge is -1.99. The quantitative estimate of drug-likeness (QED) is 0.645. The number of allylic oxidation sites excluding steroid dienone is 1. The Hall–Kier alpha value is -1.25. The fourth-order valence-electron chi connectivity index (χ4n) is 1.47. The highest BCUT2D eigenvalue weighted by molar-refractivity contribution is 4.96. The van der Waals surface area contributed by atoms with Crippen LogP contribution in [0.2, 0.25) is 0 Å². The lowest BCUT2D eigenvalue weighted by atomic mass is 10.3. The van der Waals surface area contributed by atoms with Crippen LogP contribution in [0.3, 0.4) is 0 Å². The second-order valence-corrected chi connectivity index (χ2v) is 3.80. The van der Waals surface area contributed by atoms with Crippen molar-refractivity contribution < 1.29 is 0 Å². The standard InChI is InChI=1S/C10H14N2O/c1-8(2)7-11-5-6-12(10(11)13)9-3-4-9/h5-6,9H,1,3-4,7H2,2H3. The topological polar surface area (TPSA) is 26.9 Å². The monoisotopic (exact) mass is 178 g/mol. The van der Waals surface area contributed by atoms with Gasteiger partial charge < -0.3 is 0 Å². The summed E-state index contributed by atoms with van der Waals surface area (Å²) in [6.07, 6.45) is 6.02. The Bertz CT molecular complexity index is 382. The minimum Gasteiger partial charge on any atom is -0.296 e. The molecule has 0 unspecified atom stereocenters. The van der Waals surface area contributed by atoms with Gasteiger partial charge in [-0.1, -0.05) is 12.2 Å². The molecule has 1 fully saturated rings. The SMILES string of the molecule is C=C(C)Cn1ccn(C2CC2)c1=O. The Balaban J connectivity index is 2.27. The van der Waals surface area contributed by atoms with E-state index in [4.69, 9.17) is 0 Å². The van der Waals surface area contributed by atoms with Crippen LogP contribution >= 0.6 is 0 Å². The van der Waals surface area contributed by atoms with E-state index in [-0.39, 0.29) is 5.69 Å². The molecule has 3 heteroatoms. The molecular weight excluding hydrogens is 164 g/mol. The largest absolute Gasteiger partial charge is 0.328 e. The molecule has 0 amide bonds. The number of aromatic nitrogens is 2. The van der Waals surface area contributed by atoms with Crippen molar-refractivity contribution in [3.63, 3.8) is 0 Å². The normalized spacial score (nSPS) is 16.1. The molecule has 2 rings (SSSR count). The summed E-state index contributed by atoms with van der Waals surface area (Å²) in [5.41, 5.74) is 1.11. The Labute approximate surface area is 77.3 Å². The van der Waals surface area contributed by atoms with E-state index in [1.54, 1.807) is 4.57 Å². The van der Waals surface area contributed by atoms with Crippen molar-refractivity contribution >= 4 is 0 Å². The van der Waals surface area contributed by atoms with Gasteiger partial charge in [0.2, 0.25) is 0 Å². The van der Waals surface area contributed by atoms with E-state index in [1.165, 1.54) is 0 Å². The van der Waals surface area contributed by atoms with Gasteiger partial charge in [-0.2, -0.15) is 0 Å². The summed E-state index contributed by atoms with van der Waals surface area (Å²) in [7, 11) is 0. The van der Waals surface area contributed by atoms with Crippen LogP contribution in [0.15, 0.2) is 29.3 Å². The average Bonchev–Trinajstić information content (AvgIpc) is 2.81. The molecule has 0 atom stereocenters. The molecule has 0 aliphatic heterocycles. The van der Waals surface area contributed by atoms with Crippen LogP contribution in [0, 0.1) is 0 Å². The van der Waals surface area contributed by atoms with E-state index in [1.807, 2.05) is 23.9 Å². The van der Waals surface area contributed by atoms with E-state index in [0.717, 1.165) is 18.4 Å². The van der Waals surface area contributed by atoms with E-state index >= 15 is 0 Å². The van der Waals surface area contributed by atoms with Crippen molar-refractivity contribution in [3.8, 4) is 0 Å². The molecule has 13 heavy (non-hydrogen) atoms. The summed E-state index contributed by atoms with van der Waals surface area (Å²) in [6, 6.07) is 0.471. The maximum atomic E-state index is 11.7. The van der Waals surface area contributed by atoms with Gasteiger partial charge in [0.25, 0.3) is 0 Å². The van der Waals surface area contributed by atoms with Gasteiger partial charge in [0.1, 0.15) is 0 Å². The zero-order valence-corrected chi connectivity index (χ0v) is 7.86. The molecule has 1 saturated carbocycles. The third-order valence-electron chi connectivity index (χ3n) is 2.25. The van der Waals surface area contributed by atoms with Crippen molar-refractivity contribution in [2.24, 2.45) is 0 Å². The van der Waals surface area contributed by atoms with Gasteiger partial charge in [-0.3, -0.25) is 9.13 Å². The molecule has 1 aromatic heterocycles. The van der Waals surface area contributed by atoms with E-state index in [2.05, 4.69) is 6.58 Å². The van der Waals surface area contributed by atoms with Crippen molar-refractivity contribution in [2.75, 3.05) is 0 Å². The fraction of sp³-hybridized carbons (Fsp3) is 0.500. The van der Waals surface area contributed by atoms with E-state index in [0.29, 0.717) is 12.6 Å². The van der Waals surface area contributed by atoms with Crippen LogP contribution in [0.25, 0.3) is 0 Å². The molecule has 0 aromatic carbocycles. The maximum absolute atomic E-state index is 11.7. The van der Waals surface area contributed by atoms with Crippen LogP contribution in [-0.2, 0) is 6.54 Å². The van der Waals surface area contributed by atoms with E-state index < -0.39 is 0 Å². The zero-order valence-electron chi connectivity index (χ0n) is 7.86. The van der Waals surface area contributed by atoms with Crippen LogP contribution < -0.4 is 5.69 Å². The molecule has 0 bridgehead atoms. The number of rotatable bonds is 3. The molecule has 0 spiro atoms. The van der Waals surface area contributed by atoms with E-state index in [9.17, 15) is 4.79 Å². The van der Waals surface area contributed by atoms with Gasteiger partial charge in [-0.15, -0.1) is 0 Å². The molecule has 70 valence electrons. The number of nitrogens with zero attached hydrogens (tertiary/aromatic N) is 2. The second-order valence-electron chi connectivity index (χ2n) is 3.80. The minimum absolute atomic E-state index is 0.102. The predicted molar refractivity (Wildman–Crippen MR) is 51.8 cm³/mol. The van der Waals surface area contributed by atoms with Gasteiger partial charge in [0.15, 0.2) is 0 Å². The van der Waals surface area contributed by atoms with Crippen LogP contribution in [0.4, 0.5) is 0 Å². The molecule has 1 aliphatic carbocycles. The molecule has 0 N–H and O–H groups in total. The Morgan fingerprint density at radius 2 is 2.31 bits per heavy atom. The molecule has 1 heterocycles. The minimum atomic E-state index is 0.102. The highest BCUT2D eigenvalue weighted by Crippen LogP contribution is 2.33. The van der Waals surface area contributed by atoms with Crippen molar-refractivity contribution in [1.29, 1.82) is 0 Å². The first-order chi connectivity index (χ1) is 6.18. The molecule has 1 aromatic rings. The summed E-state index contributed by atoms with van der Waals surface area (Å²) in [5.74, 6) is 0. The van der Waals surface area contributed by atoms with Crippen molar-refractivity contribution in [3.05, 3.63) is 35.0 Å². The highest BCUT2D eigenvalue weighted by Gasteiger charge is 2.25. The first-order valence-corrected chi connectivity index (χ1v) is 4.60. The molecular formula is C10H14N2O. The van der Waals surface area contributed by atoms with Gasteiger partial charge in [0, 0.05) is 25.0 Å². The average molecular weight is 178 g/mol. The number of imidazole rings is 1.